The molecule has 29 heavy (non-hydrogen) atoms. The minimum Gasteiger partial charge on any atom is -0.505 e. The van der Waals surface area contributed by atoms with E-state index < -0.39 is 11.9 Å². The first-order valence-corrected chi connectivity index (χ1v) is 8.28. The summed E-state index contributed by atoms with van der Waals surface area (Å²) in [6.07, 6.45) is 3.15. The Morgan fingerprint density at radius 1 is 1.24 bits per heavy atom. The molecule has 0 aliphatic rings. The highest BCUT2D eigenvalue weighted by atomic mass is 16.5. The van der Waals surface area contributed by atoms with Gasteiger partial charge in [-0.2, -0.15) is 0 Å². The van der Waals surface area contributed by atoms with Crippen molar-refractivity contribution in [3.8, 4) is 22.8 Å². The number of aromatic nitrogens is 4. The van der Waals surface area contributed by atoms with E-state index in [1.54, 1.807) is 18.0 Å². The van der Waals surface area contributed by atoms with Crippen LogP contribution in [0.25, 0.3) is 11.3 Å². The summed E-state index contributed by atoms with van der Waals surface area (Å²) in [6.45, 7) is 0.260. The molecule has 2 heterocycles. The highest BCUT2D eigenvalue weighted by Crippen LogP contribution is 2.23. The predicted molar refractivity (Wildman–Crippen MR) is 102 cm³/mol. The Balaban J connectivity index is 0.000000537. The molecule has 11 nitrogen and oxygen atoms in total. The standard InChI is InChI=1S/C16H15N5O3.C2H5NO2/c1-24-12-4-2-10(3-5-12)8-21-9-13(19-20-21)11-6-14(22)15(16(17)23)18-7-11;3-1-2(4)5/h2-7,9,22H,8H2,1H3,(H2,17,23);1,3H2,(H,4,5). The van der Waals surface area contributed by atoms with Gasteiger partial charge in [0.1, 0.15) is 17.2 Å². The largest absolute Gasteiger partial charge is 0.505 e. The van der Waals surface area contributed by atoms with E-state index in [2.05, 4.69) is 21.0 Å². The molecule has 0 saturated heterocycles. The van der Waals surface area contributed by atoms with Gasteiger partial charge in [0.2, 0.25) is 0 Å². The molecular formula is C18H20N6O5. The summed E-state index contributed by atoms with van der Waals surface area (Å²) in [4.78, 5) is 24.2. The van der Waals surface area contributed by atoms with Crippen LogP contribution in [0.15, 0.2) is 42.7 Å². The van der Waals surface area contributed by atoms with E-state index in [0.717, 1.165) is 11.3 Å². The number of ether oxygens (including phenoxy) is 1. The number of primary amides is 1. The summed E-state index contributed by atoms with van der Waals surface area (Å²) >= 11 is 0. The van der Waals surface area contributed by atoms with Crippen molar-refractivity contribution in [2.24, 2.45) is 11.5 Å². The lowest BCUT2D eigenvalue weighted by molar-refractivity contribution is -0.135. The first-order valence-electron chi connectivity index (χ1n) is 8.28. The number of pyridine rings is 1. The molecule has 0 bridgehead atoms. The number of benzene rings is 1. The van der Waals surface area contributed by atoms with Crippen LogP contribution < -0.4 is 16.2 Å². The van der Waals surface area contributed by atoms with Gasteiger partial charge < -0.3 is 26.4 Å². The Hall–Kier alpha value is -3.99. The molecule has 0 unspecified atom stereocenters. The second-order valence-electron chi connectivity index (χ2n) is 5.70. The van der Waals surface area contributed by atoms with E-state index in [1.807, 2.05) is 24.3 Å². The molecule has 1 amide bonds. The Morgan fingerprint density at radius 2 is 1.90 bits per heavy atom. The summed E-state index contributed by atoms with van der Waals surface area (Å²) in [6, 6.07) is 9.01. The number of hydrogen-bond acceptors (Lipinski definition) is 8. The van der Waals surface area contributed by atoms with Gasteiger partial charge in [-0.3, -0.25) is 9.59 Å². The van der Waals surface area contributed by atoms with Crippen LogP contribution in [0.3, 0.4) is 0 Å². The minimum absolute atomic E-state index is 0.177. The zero-order valence-corrected chi connectivity index (χ0v) is 15.5. The van der Waals surface area contributed by atoms with Crippen LogP contribution in [0.4, 0.5) is 0 Å². The summed E-state index contributed by atoms with van der Waals surface area (Å²) in [5.41, 5.74) is 11.6. The number of nitrogens with two attached hydrogens (primary N) is 2. The average molecular weight is 400 g/mol. The maximum atomic E-state index is 11.1. The van der Waals surface area contributed by atoms with Crippen LogP contribution in [-0.2, 0) is 11.3 Å². The quantitative estimate of drug-likeness (QED) is 0.450. The van der Waals surface area contributed by atoms with Gasteiger partial charge in [-0.15, -0.1) is 5.10 Å². The van der Waals surface area contributed by atoms with E-state index in [1.165, 1.54) is 12.3 Å². The number of nitrogens with zero attached hydrogens (tertiary/aromatic N) is 4. The second-order valence-corrected chi connectivity index (χ2v) is 5.70. The maximum Gasteiger partial charge on any atom is 0.317 e. The van der Waals surface area contributed by atoms with Crippen molar-refractivity contribution in [2.75, 3.05) is 13.7 Å². The van der Waals surface area contributed by atoms with Crippen LogP contribution in [0.5, 0.6) is 11.5 Å². The summed E-state index contributed by atoms with van der Waals surface area (Å²) in [7, 11) is 1.62. The van der Waals surface area contributed by atoms with Crippen molar-refractivity contribution in [1.29, 1.82) is 0 Å². The predicted octanol–water partition coefficient (Wildman–Crippen LogP) is 0.231. The molecule has 0 fully saturated rings. The third-order valence-corrected chi connectivity index (χ3v) is 3.61. The molecular weight excluding hydrogens is 380 g/mol. The number of methoxy groups -OCH3 is 1. The molecule has 0 aliphatic heterocycles. The molecule has 0 saturated carbocycles. The lowest BCUT2D eigenvalue weighted by Crippen LogP contribution is -2.13. The average Bonchev–Trinajstić information content (AvgIpc) is 3.17. The van der Waals surface area contributed by atoms with Crippen LogP contribution in [0, 0.1) is 0 Å². The first-order chi connectivity index (χ1) is 13.8. The number of carboxylic acids is 1. The van der Waals surface area contributed by atoms with E-state index >= 15 is 0 Å². The number of amides is 1. The van der Waals surface area contributed by atoms with Gasteiger partial charge in [-0.25, -0.2) is 9.67 Å². The fourth-order valence-corrected chi connectivity index (χ4v) is 2.21. The molecule has 3 aromatic rings. The van der Waals surface area contributed by atoms with E-state index in [4.69, 9.17) is 15.6 Å². The summed E-state index contributed by atoms with van der Waals surface area (Å²) in [5.74, 6) is -1.26. The molecule has 0 radical (unpaired) electrons. The zero-order chi connectivity index (χ0) is 21.4. The highest BCUT2D eigenvalue weighted by molar-refractivity contribution is 5.93. The maximum absolute atomic E-state index is 11.1. The second kappa shape index (κ2) is 9.80. The van der Waals surface area contributed by atoms with Crippen LogP contribution in [-0.4, -0.2) is 55.7 Å². The van der Waals surface area contributed by atoms with Crippen molar-refractivity contribution in [3.63, 3.8) is 0 Å². The first kappa shape index (κ1) is 21.3. The number of aliphatic carboxylic acids is 1. The van der Waals surface area contributed by atoms with Crippen molar-refractivity contribution < 1.29 is 24.5 Å². The third kappa shape index (κ3) is 6.01. The van der Waals surface area contributed by atoms with Crippen molar-refractivity contribution in [3.05, 3.63) is 54.0 Å². The lowest BCUT2D eigenvalue weighted by atomic mass is 10.2. The molecule has 1 aromatic carbocycles. The smallest absolute Gasteiger partial charge is 0.317 e. The molecule has 2 aromatic heterocycles. The molecule has 0 atom stereocenters. The molecule has 0 aliphatic carbocycles. The fraction of sp³-hybridized carbons (Fsp3) is 0.167. The van der Waals surface area contributed by atoms with Gasteiger partial charge in [-0.05, 0) is 23.8 Å². The number of carbonyl (C=O) groups is 2. The summed E-state index contributed by atoms with van der Waals surface area (Å²) in [5, 5.41) is 25.5. The number of carbonyl (C=O) groups excluding carboxylic acids is 1. The van der Waals surface area contributed by atoms with Gasteiger partial charge in [0.15, 0.2) is 5.69 Å². The van der Waals surface area contributed by atoms with Gasteiger partial charge in [0, 0.05) is 11.8 Å². The molecule has 152 valence electrons. The molecule has 11 heteroatoms. The monoisotopic (exact) mass is 400 g/mol. The SMILES string of the molecule is COc1ccc(Cn2cc(-c3cnc(C(N)=O)c(O)c3)nn2)cc1.NCC(=O)O. The van der Waals surface area contributed by atoms with Crippen molar-refractivity contribution >= 4 is 11.9 Å². The van der Waals surface area contributed by atoms with E-state index in [-0.39, 0.29) is 18.0 Å². The summed E-state index contributed by atoms with van der Waals surface area (Å²) < 4.78 is 6.78. The van der Waals surface area contributed by atoms with Crippen molar-refractivity contribution in [1.82, 2.24) is 20.0 Å². The number of aromatic hydroxyl groups is 1. The van der Waals surface area contributed by atoms with Crippen LogP contribution >= 0.6 is 0 Å². The molecule has 0 spiro atoms. The Bertz CT molecular complexity index is 987. The van der Waals surface area contributed by atoms with Gasteiger partial charge in [0.05, 0.1) is 26.4 Å². The zero-order valence-electron chi connectivity index (χ0n) is 15.5. The van der Waals surface area contributed by atoms with Gasteiger partial charge >= 0.3 is 5.97 Å². The Morgan fingerprint density at radius 3 is 2.41 bits per heavy atom. The van der Waals surface area contributed by atoms with Crippen molar-refractivity contribution in [2.45, 2.75) is 6.54 Å². The highest BCUT2D eigenvalue weighted by Gasteiger charge is 2.12. The Labute approximate surface area is 165 Å². The number of hydrogen-bond donors (Lipinski definition) is 4. The van der Waals surface area contributed by atoms with Gasteiger partial charge in [0.25, 0.3) is 5.91 Å². The normalized spacial score (nSPS) is 10.0. The molecule has 3 rings (SSSR count). The fourth-order valence-electron chi connectivity index (χ4n) is 2.21. The third-order valence-electron chi connectivity index (χ3n) is 3.61. The Kier molecular flexibility index (Phi) is 7.20. The van der Waals surface area contributed by atoms with Crippen LogP contribution in [0.2, 0.25) is 0 Å². The lowest BCUT2D eigenvalue weighted by Gasteiger charge is -2.03. The number of carboxylic acid groups (broad SMARTS) is 1. The van der Waals surface area contributed by atoms with Gasteiger partial charge in [-0.1, -0.05) is 17.3 Å². The van der Waals surface area contributed by atoms with E-state index in [0.29, 0.717) is 17.8 Å². The topological polar surface area (TPSA) is 179 Å². The van der Waals surface area contributed by atoms with Crippen LogP contribution in [0.1, 0.15) is 16.1 Å². The minimum atomic E-state index is -0.968. The molecule has 6 N–H and O–H groups in total. The van der Waals surface area contributed by atoms with E-state index in [9.17, 15) is 14.7 Å². The number of rotatable bonds is 6.